The van der Waals surface area contributed by atoms with Gasteiger partial charge < -0.3 is 15.0 Å². The normalized spacial score (nSPS) is 14.9. The molecule has 2 aromatic rings. The third-order valence-electron chi connectivity index (χ3n) is 5.91. The predicted molar refractivity (Wildman–Crippen MR) is 142 cm³/mol. The number of halogens is 1. The standard InChI is InChI=1S/C26H34ClN3O5S/c1-26(2,3)35-25(32)29-15-13-19(14-16-29)17-28-24(31)20-9-11-22(12-10-20)30(36(4,33)34)18-21-7-5-6-8-23(21)27/h5-12,19H,13-18H2,1-4H3,(H,28,31). The van der Waals surface area contributed by atoms with Gasteiger partial charge in [0.1, 0.15) is 5.60 Å². The van der Waals surface area contributed by atoms with Crippen molar-refractivity contribution in [3.63, 3.8) is 0 Å². The van der Waals surface area contributed by atoms with Gasteiger partial charge in [0.15, 0.2) is 0 Å². The molecule has 1 N–H and O–H groups in total. The van der Waals surface area contributed by atoms with E-state index in [-0.39, 0.29) is 24.5 Å². The number of carbonyl (C=O) groups excluding carboxylic acids is 2. The number of rotatable bonds is 7. The van der Waals surface area contributed by atoms with Crippen LogP contribution in [0.1, 0.15) is 49.5 Å². The number of nitrogens with zero attached hydrogens (tertiary/aromatic N) is 2. The highest BCUT2D eigenvalue weighted by Gasteiger charge is 2.27. The summed E-state index contributed by atoms with van der Waals surface area (Å²) in [5.74, 6) is 0.0383. The van der Waals surface area contributed by atoms with Gasteiger partial charge >= 0.3 is 6.09 Å². The molecule has 10 heteroatoms. The number of hydrogen-bond donors (Lipinski definition) is 1. The second-order valence-corrected chi connectivity index (χ2v) is 12.3. The topological polar surface area (TPSA) is 96.0 Å². The number of ether oxygens (including phenoxy) is 1. The minimum absolute atomic E-state index is 0.0893. The van der Waals surface area contributed by atoms with Crippen LogP contribution in [0.5, 0.6) is 0 Å². The van der Waals surface area contributed by atoms with Gasteiger partial charge in [-0.15, -0.1) is 0 Å². The molecular weight excluding hydrogens is 502 g/mol. The Bertz CT molecular complexity index is 1170. The van der Waals surface area contributed by atoms with Crippen LogP contribution in [-0.4, -0.2) is 56.8 Å². The number of piperidine rings is 1. The highest BCUT2D eigenvalue weighted by atomic mass is 35.5. The summed E-state index contributed by atoms with van der Waals surface area (Å²) in [6.45, 7) is 7.32. The quantitative estimate of drug-likeness (QED) is 0.555. The lowest BCUT2D eigenvalue weighted by Gasteiger charge is -2.33. The maximum atomic E-state index is 12.7. The SMILES string of the molecule is CC(C)(C)OC(=O)N1CCC(CNC(=O)c2ccc(N(Cc3ccccc3Cl)S(C)(=O)=O)cc2)CC1. The molecule has 1 saturated heterocycles. The van der Waals surface area contributed by atoms with Crippen LogP contribution >= 0.6 is 11.6 Å². The fourth-order valence-electron chi connectivity index (χ4n) is 3.95. The van der Waals surface area contributed by atoms with E-state index in [1.54, 1.807) is 53.4 Å². The van der Waals surface area contributed by atoms with Gasteiger partial charge in [0, 0.05) is 30.2 Å². The Labute approximate surface area is 218 Å². The van der Waals surface area contributed by atoms with E-state index in [0.29, 0.717) is 41.5 Å². The molecule has 196 valence electrons. The maximum Gasteiger partial charge on any atom is 0.410 e. The number of sulfonamides is 1. The predicted octanol–water partition coefficient (Wildman–Crippen LogP) is 4.68. The van der Waals surface area contributed by atoms with Gasteiger partial charge in [-0.25, -0.2) is 13.2 Å². The van der Waals surface area contributed by atoms with E-state index in [4.69, 9.17) is 16.3 Å². The van der Waals surface area contributed by atoms with Crippen molar-refractivity contribution in [1.29, 1.82) is 0 Å². The number of nitrogens with one attached hydrogen (secondary N) is 1. The maximum absolute atomic E-state index is 12.7. The van der Waals surface area contributed by atoms with E-state index in [0.717, 1.165) is 19.1 Å². The van der Waals surface area contributed by atoms with E-state index >= 15 is 0 Å². The van der Waals surface area contributed by atoms with E-state index in [2.05, 4.69) is 5.32 Å². The van der Waals surface area contributed by atoms with Gasteiger partial charge in [0.05, 0.1) is 18.5 Å². The Balaban J connectivity index is 1.55. The highest BCUT2D eigenvalue weighted by Crippen LogP contribution is 2.25. The molecule has 1 aliphatic rings. The highest BCUT2D eigenvalue weighted by molar-refractivity contribution is 7.92. The van der Waals surface area contributed by atoms with Crippen molar-refractivity contribution in [2.45, 2.75) is 45.8 Å². The lowest BCUT2D eigenvalue weighted by atomic mass is 9.97. The van der Waals surface area contributed by atoms with Gasteiger partial charge in [0.2, 0.25) is 10.0 Å². The van der Waals surface area contributed by atoms with Crippen molar-refractivity contribution >= 4 is 39.3 Å². The molecule has 3 rings (SSSR count). The first-order valence-electron chi connectivity index (χ1n) is 11.9. The summed E-state index contributed by atoms with van der Waals surface area (Å²) in [7, 11) is -3.57. The van der Waals surface area contributed by atoms with Gasteiger partial charge in [-0.1, -0.05) is 29.8 Å². The largest absolute Gasteiger partial charge is 0.444 e. The van der Waals surface area contributed by atoms with Crippen molar-refractivity contribution in [3.05, 3.63) is 64.7 Å². The summed E-state index contributed by atoms with van der Waals surface area (Å²) < 4.78 is 31.6. The van der Waals surface area contributed by atoms with E-state index < -0.39 is 15.6 Å². The first-order chi connectivity index (χ1) is 16.8. The summed E-state index contributed by atoms with van der Waals surface area (Å²) in [6, 6.07) is 13.5. The lowest BCUT2D eigenvalue weighted by Crippen LogP contribution is -2.43. The molecule has 8 nitrogen and oxygen atoms in total. The molecule has 0 aliphatic carbocycles. The van der Waals surface area contributed by atoms with Crippen molar-refractivity contribution in [2.24, 2.45) is 5.92 Å². The van der Waals surface area contributed by atoms with Crippen LogP contribution in [0.15, 0.2) is 48.5 Å². The number of likely N-dealkylation sites (tertiary alicyclic amines) is 1. The summed E-state index contributed by atoms with van der Waals surface area (Å²) in [5.41, 5.74) is 1.05. The summed E-state index contributed by atoms with van der Waals surface area (Å²) in [6.07, 6.45) is 2.40. The van der Waals surface area contributed by atoms with Crippen LogP contribution in [-0.2, 0) is 21.3 Å². The van der Waals surface area contributed by atoms with Crippen molar-refractivity contribution in [1.82, 2.24) is 10.2 Å². The molecule has 0 spiro atoms. The lowest BCUT2D eigenvalue weighted by molar-refractivity contribution is 0.0183. The average Bonchev–Trinajstić information content (AvgIpc) is 2.80. The second-order valence-electron chi connectivity index (χ2n) is 10.0. The zero-order valence-corrected chi connectivity index (χ0v) is 22.7. The summed E-state index contributed by atoms with van der Waals surface area (Å²) in [4.78, 5) is 26.6. The van der Waals surface area contributed by atoms with Crippen LogP contribution < -0.4 is 9.62 Å². The van der Waals surface area contributed by atoms with E-state index in [1.165, 1.54) is 4.31 Å². The van der Waals surface area contributed by atoms with Gasteiger partial charge in [-0.2, -0.15) is 0 Å². The third kappa shape index (κ3) is 7.86. The number of hydrogen-bond acceptors (Lipinski definition) is 5. The Morgan fingerprint density at radius 3 is 2.25 bits per heavy atom. The Morgan fingerprint density at radius 2 is 1.69 bits per heavy atom. The first-order valence-corrected chi connectivity index (χ1v) is 14.1. The minimum atomic E-state index is -3.57. The van der Waals surface area contributed by atoms with Crippen molar-refractivity contribution < 1.29 is 22.7 Å². The fraction of sp³-hybridized carbons (Fsp3) is 0.462. The minimum Gasteiger partial charge on any atom is -0.444 e. The van der Waals surface area contributed by atoms with Crippen LogP contribution in [0.4, 0.5) is 10.5 Å². The monoisotopic (exact) mass is 535 g/mol. The van der Waals surface area contributed by atoms with Crippen LogP contribution in [0.25, 0.3) is 0 Å². The molecule has 2 aromatic carbocycles. The molecule has 0 atom stereocenters. The van der Waals surface area contributed by atoms with E-state index in [1.807, 2.05) is 20.8 Å². The van der Waals surface area contributed by atoms with Gasteiger partial charge in [-0.3, -0.25) is 9.10 Å². The summed E-state index contributed by atoms with van der Waals surface area (Å²) >= 11 is 6.22. The summed E-state index contributed by atoms with van der Waals surface area (Å²) in [5, 5.41) is 3.44. The number of benzene rings is 2. The van der Waals surface area contributed by atoms with Crippen LogP contribution in [0.3, 0.4) is 0 Å². The molecule has 0 saturated carbocycles. The third-order valence-corrected chi connectivity index (χ3v) is 7.42. The van der Waals surface area contributed by atoms with Crippen LogP contribution in [0.2, 0.25) is 5.02 Å². The Kier molecular flexibility index (Phi) is 8.89. The molecule has 0 bridgehead atoms. The Hall–Kier alpha value is -2.78. The number of carbonyl (C=O) groups is 2. The molecule has 36 heavy (non-hydrogen) atoms. The zero-order valence-electron chi connectivity index (χ0n) is 21.2. The smallest absolute Gasteiger partial charge is 0.410 e. The van der Waals surface area contributed by atoms with Crippen LogP contribution in [0, 0.1) is 5.92 Å². The van der Waals surface area contributed by atoms with Crippen molar-refractivity contribution in [2.75, 3.05) is 30.2 Å². The molecule has 1 aliphatic heterocycles. The zero-order chi connectivity index (χ0) is 26.5. The molecule has 0 aromatic heterocycles. The van der Waals surface area contributed by atoms with Gasteiger partial charge in [0.25, 0.3) is 5.91 Å². The van der Waals surface area contributed by atoms with Gasteiger partial charge in [-0.05, 0) is 75.4 Å². The average molecular weight is 536 g/mol. The number of anilines is 1. The molecule has 0 radical (unpaired) electrons. The first kappa shape index (κ1) is 27.8. The Morgan fingerprint density at radius 1 is 1.08 bits per heavy atom. The number of amides is 2. The fourth-order valence-corrected chi connectivity index (χ4v) is 5.02. The molecule has 1 fully saturated rings. The molecular formula is C26H34ClN3O5S. The molecule has 0 unspecified atom stereocenters. The molecule has 2 amide bonds. The second kappa shape index (κ2) is 11.5. The van der Waals surface area contributed by atoms with Crippen molar-refractivity contribution in [3.8, 4) is 0 Å². The van der Waals surface area contributed by atoms with E-state index in [9.17, 15) is 18.0 Å². The molecule has 1 heterocycles.